The second-order valence-electron chi connectivity index (χ2n) is 4.59. The molecule has 1 aromatic carbocycles. The average Bonchev–Trinajstić information content (AvgIpc) is 2.84. The van der Waals surface area contributed by atoms with Crippen LogP contribution in [0.5, 0.6) is 5.75 Å². The van der Waals surface area contributed by atoms with Gasteiger partial charge in [0.2, 0.25) is 0 Å². The van der Waals surface area contributed by atoms with Gasteiger partial charge in [-0.3, -0.25) is 4.79 Å². The molecule has 1 N–H and O–H groups in total. The van der Waals surface area contributed by atoms with E-state index in [1.54, 1.807) is 24.3 Å². The van der Waals surface area contributed by atoms with E-state index < -0.39 is 0 Å². The number of nitrogens with one attached hydrogen (secondary N) is 1. The minimum atomic E-state index is -0.202. The number of nitrogens with zero attached hydrogens (tertiary/aromatic N) is 1. The molecule has 2 atom stereocenters. The Balaban J connectivity index is 1.80. The van der Waals surface area contributed by atoms with Crippen molar-refractivity contribution in [3.05, 3.63) is 29.3 Å². The lowest BCUT2D eigenvalue weighted by atomic mass is 10.1. The van der Waals surface area contributed by atoms with Crippen molar-refractivity contribution in [2.24, 2.45) is 5.92 Å². The number of rotatable bonds is 4. The quantitative estimate of drug-likeness (QED) is 0.920. The molecule has 2 rings (SSSR count). The SMILES string of the molecule is N#CC1CCCC1NC(=O)COc1cccc(Cl)c1. The van der Waals surface area contributed by atoms with Gasteiger partial charge in [-0.2, -0.15) is 5.26 Å². The molecule has 1 aliphatic carbocycles. The van der Waals surface area contributed by atoms with Gasteiger partial charge in [0, 0.05) is 11.1 Å². The molecule has 0 bridgehead atoms. The zero-order valence-corrected chi connectivity index (χ0v) is 11.2. The van der Waals surface area contributed by atoms with Gasteiger partial charge in [-0.25, -0.2) is 0 Å². The molecular weight excluding hydrogens is 264 g/mol. The summed E-state index contributed by atoms with van der Waals surface area (Å²) < 4.78 is 5.35. The van der Waals surface area contributed by atoms with Gasteiger partial charge in [-0.15, -0.1) is 0 Å². The smallest absolute Gasteiger partial charge is 0.258 e. The van der Waals surface area contributed by atoms with E-state index in [1.165, 1.54) is 0 Å². The largest absolute Gasteiger partial charge is 0.484 e. The van der Waals surface area contributed by atoms with Crippen LogP contribution in [-0.2, 0) is 4.79 Å². The molecule has 1 saturated carbocycles. The predicted octanol–water partition coefficient (Wildman–Crippen LogP) is 2.53. The van der Waals surface area contributed by atoms with E-state index in [2.05, 4.69) is 11.4 Å². The van der Waals surface area contributed by atoms with Crippen molar-refractivity contribution in [1.29, 1.82) is 5.26 Å². The van der Waals surface area contributed by atoms with Crippen LogP contribution in [0.4, 0.5) is 0 Å². The first-order valence-corrected chi connectivity index (χ1v) is 6.64. The van der Waals surface area contributed by atoms with Crippen molar-refractivity contribution < 1.29 is 9.53 Å². The van der Waals surface area contributed by atoms with Crippen LogP contribution in [0.1, 0.15) is 19.3 Å². The summed E-state index contributed by atoms with van der Waals surface area (Å²) in [6.45, 7) is -0.0605. The number of hydrogen-bond donors (Lipinski definition) is 1. The molecule has 0 saturated heterocycles. The zero-order chi connectivity index (χ0) is 13.7. The summed E-state index contributed by atoms with van der Waals surface area (Å²) in [6.07, 6.45) is 2.70. The Morgan fingerprint density at radius 2 is 2.37 bits per heavy atom. The summed E-state index contributed by atoms with van der Waals surface area (Å²) in [5, 5.41) is 12.4. The van der Waals surface area contributed by atoms with Crippen molar-refractivity contribution in [2.75, 3.05) is 6.61 Å². The number of amides is 1. The third-order valence-electron chi connectivity index (χ3n) is 3.19. The van der Waals surface area contributed by atoms with Crippen LogP contribution in [0.3, 0.4) is 0 Å². The van der Waals surface area contributed by atoms with Gasteiger partial charge in [0.05, 0.1) is 12.0 Å². The van der Waals surface area contributed by atoms with Crippen molar-refractivity contribution in [2.45, 2.75) is 25.3 Å². The lowest BCUT2D eigenvalue weighted by Crippen LogP contribution is -2.39. The highest BCUT2D eigenvalue weighted by Crippen LogP contribution is 2.24. The van der Waals surface area contributed by atoms with E-state index in [4.69, 9.17) is 21.6 Å². The molecule has 5 heteroatoms. The normalized spacial score (nSPS) is 21.7. The second kappa shape index (κ2) is 6.44. The van der Waals surface area contributed by atoms with E-state index in [0.29, 0.717) is 10.8 Å². The Hall–Kier alpha value is -1.73. The summed E-state index contributed by atoms with van der Waals surface area (Å²) in [4.78, 5) is 11.7. The summed E-state index contributed by atoms with van der Waals surface area (Å²) >= 11 is 5.82. The van der Waals surface area contributed by atoms with E-state index in [1.807, 2.05) is 0 Å². The molecule has 1 amide bonds. The van der Waals surface area contributed by atoms with Crippen molar-refractivity contribution in [3.63, 3.8) is 0 Å². The minimum absolute atomic E-state index is 0.0412. The van der Waals surface area contributed by atoms with Gasteiger partial charge in [0.15, 0.2) is 6.61 Å². The molecule has 2 unspecified atom stereocenters. The summed E-state index contributed by atoms with van der Waals surface area (Å²) in [6, 6.07) is 9.09. The van der Waals surface area contributed by atoms with Crippen molar-refractivity contribution >= 4 is 17.5 Å². The van der Waals surface area contributed by atoms with Crippen LogP contribution in [0.25, 0.3) is 0 Å². The standard InChI is InChI=1S/C14H15ClN2O2/c15-11-4-2-5-12(7-11)19-9-14(18)17-13-6-1-3-10(13)8-16/h2,4-5,7,10,13H,1,3,6,9H2,(H,17,18). The third kappa shape index (κ3) is 3.87. The lowest BCUT2D eigenvalue weighted by molar-refractivity contribution is -0.123. The highest BCUT2D eigenvalue weighted by atomic mass is 35.5. The molecule has 19 heavy (non-hydrogen) atoms. The van der Waals surface area contributed by atoms with E-state index in [0.717, 1.165) is 19.3 Å². The van der Waals surface area contributed by atoms with E-state index in [9.17, 15) is 4.79 Å². The first-order valence-electron chi connectivity index (χ1n) is 6.26. The maximum Gasteiger partial charge on any atom is 0.258 e. The van der Waals surface area contributed by atoms with Crippen LogP contribution < -0.4 is 10.1 Å². The van der Waals surface area contributed by atoms with Gasteiger partial charge < -0.3 is 10.1 Å². The Labute approximate surface area is 117 Å². The Morgan fingerprint density at radius 1 is 1.53 bits per heavy atom. The molecule has 0 radical (unpaired) electrons. The highest BCUT2D eigenvalue weighted by Gasteiger charge is 2.28. The van der Waals surface area contributed by atoms with E-state index >= 15 is 0 Å². The van der Waals surface area contributed by atoms with Gasteiger partial charge in [0.25, 0.3) is 5.91 Å². The summed E-state index contributed by atoms with van der Waals surface area (Å²) in [7, 11) is 0. The second-order valence-corrected chi connectivity index (χ2v) is 5.02. The number of nitriles is 1. The Morgan fingerprint density at radius 3 is 3.11 bits per heavy atom. The molecule has 0 spiro atoms. The molecule has 4 nitrogen and oxygen atoms in total. The van der Waals surface area contributed by atoms with Crippen LogP contribution >= 0.6 is 11.6 Å². The fourth-order valence-electron chi connectivity index (χ4n) is 2.24. The molecule has 1 aliphatic rings. The molecular formula is C14H15ClN2O2. The fraction of sp³-hybridized carbons (Fsp3) is 0.429. The van der Waals surface area contributed by atoms with Crippen molar-refractivity contribution in [1.82, 2.24) is 5.32 Å². The van der Waals surface area contributed by atoms with Gasteiger partial charge in [0.1, 0.15) is 5.75 Å². The van der Waals surface area contributed by atoms with Crippen LogP contribution in [0, 0.1) is 17.2 Å². The average molecular weight is 279 g/mol. The first-order chi connectivity index (χ1) is 9.19. The number of carbonyl (C=O) groups is 1. The van der Waals surface area contributed by atoms with Crippen LogP contribution in [0.15, 0.2) is 24.3 Å². The van der Waals surface area contributed by atoms with Crippen LogP contribution in [-0.4, -0.2) is 18.6 Å². The van der Waals surface area contributed by atoms with Gasteiger partial charge in [-0.1, -0.05) is 17.7 Å². The van der Waals surface area contributed by atoms with Crippen LogP contribution in [0.2, 0.25) is 5.02 Å². The maximum absolute atomic E-state index is 11.7. The topological polar surface area (TPSA) is 62.1 Å². The molecule has 0 heterocycles. The summed E-state index contributed by atoms with van der Waals surface area (Å²) in [5.74, 6) is 0.285. The minimum Gasteiger partial charge on any atom is -0.484 e. The number of halogens is 1. The zero-order valence-electron chi connectivity index (χ0n) is 10.4. The first kappa shape index (κ1) is 13.7. The molecule has 1 fully saturated rings. The number of hydrogen-bond acceptors (Lipinski definition) is 3. The summed E-state index contributed by atoms with van der Waals surface area (Å²) in [5.41, 5.74) is 0. The Bertz CT molecular complexity index is 498. The van der Waals surface area contributed by atoms with E-state index in [-0.39, 0.29) is 24.5 Å². The van der Waals surface area contributed by atoms with Gasteiger partial charge in [-0.05, 0) is 37.5 Å². The number of carbonyl (C=O) groups excluding carboxylic acids is 1. The van der Waals surface area contributed by atoms with Crippen molar-refractivity contribution in [3.8, 4) is 11.8 Å². The number of ether oxygens (including phenoxy) is 1. The maximum atomic E-state index is 11.7. The molecule has 0 aromatic heterocycles. The predicted molar refractivity (Wildman–Crippen MR) is 71.8 cm³/mol. The fourth-order valence-corrected chi connectivity index (χ4v) is 2.42. The number of benzene rings is 1. The molecule has 1 aromatic rings. The molecule has 100 valence electrons. The monoisotopic (exact) mass is 278 g/mol. The molecule has 0 aliphatic heterocycles. The highest BCUT2D eigenvalue weighted by molar-refractivity contribution is 6.30. The van der Waals surface area contributed by atoms with Gasteiger partial charge >= 0.3 is 0 Å². The third-order valence-corrected chi connectivity index (χ3v) is 3.43. The Kier molecular flexibility index (Phi) is 4.64. The lowest BCUT2D eigenvalue weighted by Gasteiger charge is -2.15.